The molecule has 0 bridgehead atoms. The summed E-state index contributed by atoms with van der Waals surface area (Å²) in [5.41, 5.74) is 0.588. The highest BCUT2D eigenvalue weighted by Crippen LogP contribution is 2.14. The number of hydrogen-bond donors (Lipinski definition) is 0. The van der Waals surface area contributed by atoms with Crippen LogP contribution in [0.4, 0.5) is 4.79 Å². The van der Waals surface area contributed by atoms with Gasteiger partial charge in [0.25, 0.3) is 5.16 Å². The quantitative estimate of drug-likeness (QED) is 0.368. The molecule has 0 radical (unpaired) electrons. The lowest BCUT2D eigenvalue weighted by Crippen LogP contribution is -2.14. The molecular weight excluding hydrogens is 360 g/mol. The van der Waals surface area contributed by atoms with Crippen LogP contribution in [-0.4, -0.2) is 54.2 Å². The van der Waals surface area contributed by atoms with E-state index < -0.39 is 16.0 Å². The van der Waals surface area contributed by atoms with Crippen molar-refractivity contribution in [3.63, 3.8) is 0 Å². The van der Waals surface area contributed by atoms with E-state index in [0.29, 0.717) is 24.9 Å². The topological polar surface area (TPSA) is 113 Å². The number of unbranched alkanes of at least 4 members (excludes halogenated alkanes) is 2. The van der Waals surface area contributed by atoms with Gasteiger partial charge in [0.15, 0.2) is 0 Å². The van der Waals surface area contributed by atoms with Gasteiger partial charge in [-0.25, -0.2) is 13.2 Å². The molecule has 2 aromatic rings. The maximum absolute atomic E-state index is 12.5. The molecule has 10 heteroatoms. The van der Waals surface area contributed by atoms with E-state index in [1.54, 1.807) is 30.3 Å². The van der Waals surface area contributed by atoms with Gasteiger partial charge in [0.05, 0.1) is 18.6 Å². The van der Waals surface area contributed by atoms with E-state index in [1.807, 2.05) is 12.1 Å². The minimum absolute atomic E-state index is 0.0489. The normalized spacial score (nSPS) is 11.6. The third-order valence-corrected chi connectivity index (χ3v) is 5.02. The van der Waals surface area contributed by atoms with Crippen molar-refractivity contribution in [3.8, 4) is 5.69 Å². The number of nitrogens with zero attached hydrogens (tertiary/aromatic N) is 4. The van der Waals surface area contributed by atoms with Crippen molar-refractivity contribution in [2.24, 2.45) is 0 Å². The number of carbonyl (C=O) groups is 1. The number of hydrogen-bond acceptors (Lipinski definition) is 8. The highest BCUT2D eigenvalue weighted by Gasteiger charge is 2.23. The van der Waals surface area contributed by atoms with Crippen molar-refractivity contribution in [1.29, 1.82) is 0 Å². The fraction of sp³-hybridized carbons (Fsp3) is 0.375. The summed E-state index contributed by atoms with van der Waals surface area (Å²) in [5.74, 6) is -0.0489. The molecule has 0 saturated carbocycles. The first-order chi connectivity index (χ1) is 12.5. The standard InChI is InChI=1S/C16H20N4O5S/c1-24-16(21)25-12-8-3-2-4-9-13-26(22,23)15-17-18-19-20(15)14-10-6-5-7-11-14/h3,5-8,10-11H,2,4,9,12-13H2,1H3/b8-3+. The van der Waals surface area contributed by atoms with E-state index in [-0.39, 0.29) is 17.5 Å². The number of carbonyl (C=O) groups excluding carboxylic acids is 1. The Balaban J connectivity index is 1.82. The first-order valence-electron chi connectivity index (χ1n) is 7.97. The molecular formula is C16H20N4O5S. The van der Waals surface area contributed by atoms with Crippen molar-refractivity contribution in [1.82, 2.24) is 20.2 Å². The summed E-state index contributed by atoms with van der Waals surface area (Å²) in [6, 6.07) is 8.85. The largest absolute Gasteiger partial charge is 0.508 e. The fourth-order valence-electron chi connectivity index (χ4n) is 2.11. The predicted molar refractivity (Wildman–Crippen MR) is 92.6 cm³/mol. The number of rotatable bonds is 9. The van der Waals surface area contributed by atoms with Crippen LogP contribution in [0.15, 0.2) is 47.6 Å². The smallest absolute Gasteiger partial charge is 0.438 e. The van der Waals surface area contributed by atoms with E-state index >= 15 is 0 Å². The summed E-state index contributed by atoms with van der Waals surface area (Å²) >= 11 is 0. The number of methoxy groups -OCH3 is 1. The minimum Gasteiger partial charge on any atom is -0.438 e. The van der Waals surface area contributed by atoms with Gasteiger partial charge in [0.1, 0.15) is 6.61 Å². The Morgan fingerprint density at radius 3 is 2.69 bits per heavy atom. The molecule has 1 heterocycles. The van der Waals surface area contributed by atoms with Gasteiger partial charge in [0, 0.05) is 0 Å². The highest BCUT2D eigenvalue weighted by atomic mass is 32.2. The average molecular weight is 380 g/mol. The average Bonchev–Trinajstić information content (AvgIpc) is 3.15. The van der Waals surface area contributed by atoms with Gasteiger partial charge in [-0.15, -0.1) is 0 Å². The molecule has 1 aromatic heterocycles. The lowest BCUT2D eigenvalue weighted by Gasteiger charge is -2.05. The van der Waals surface area contributed by atoms with Gasteiger partial charge < -0.3 is 9.47 Å². The van der Waals surface area contributed by atoms with Crippen LogP contribution in [0.2, 0.25) is 0 Å². The molecule has 9 nitrogen and oxygen atoms in total. The monoisotopic (exact) mass is 380 g/mol. The van der Waals surface area contributed by atoms with Crippen LogP contribution in [0.5, 0.6) is 0 Å². The molecule has 0 fully saturated rings. The van der Waals surface area contributed by atoms with Crippen molar-refractivity contribution in [3.05, 3.63) is 42.5 Å². The molecule has 0 amide bonds. The van der Waals surface area contributed by atoms with E-state index in [1.165, 1.54) is 11.8 Å². The second-order valence-corrected chi connectivity index (χ2v) is 7.26. The maximum atomic E-state index is 12.5. The molecule has 0 unspecified atom stereocenters. The third kappa shape index (κ3) is 5.66. The molecule has 26 heavy (non-hydrogen) atoms. The second-order valence-electron chi connectivity index (χ2n) is 5.26. The Kier molecular flexibility index (Phi) is 7.27. The van der Waals surface area contributed by atoms with Gasteiger partial charge in [0.2, 0.25) is 9.84 Å². The van der Waals surface area contributed by atoms with E-state index in [0.717, 1.165) is 0 Å². The zero-order valence-electron chi connectivity index (χ0n) is 14.3. The predicted octanol–water partition coefficient (Wildman–Crippen LogP) is 1.95. The lowest BCUT2D eigenvalue weighted by atomic mass is 10.2. The Hall–Kier alpha value is -2.75. The molecule has 0 saturated heterocycles. The zero-order valence-corrected chi connectivity index (χ0v) is 15.1. The number of aromatic nitrogens is 4. The summed E-state index contributed by atoms with van der Waals surface area (Å²) in [4.78, 5) is 10.7. The SMILES string of the molecule is COC(=O)OC/C=C/CCCCS(=O)(=O)c1nnnn1-c1ccccc1. The van der Waals surface area contributed by atoms with Gasteiger partial charge in [-0.2, -0.15) is 4.68 Å². The van der Waals surface area contributed by atoms with Crippen molar-refractivity contribution in [2.45, 2.75) is 24.4 Å². The van der Waals surface area contributed by atoms with Gasteiger partial charge in [-0.1, -0.05) is 35.4 Å². The first-order valence-corrected chi connectivity index (χ1v) is 9.62. The minimum atomic E-state index is -3.59. The van der Waals surface area contributed by atoms with Crippen LogP contribution >= 0.6 is 0 Å². The van der Waals surface area contributed by atoms with Gasteiger partial charge in [-0.05, 0) is 41.8 Å². The van der Waals surface area contributed by atoms with Crippen LogP contribution in [0.25, 0.3) is 5.69 Å². The van der Waals surface area contributed by atoms with Crippen LogP contribution in [-0.2, 0) is 19.3 Å². The van der Waals surface area contributed by atoms with Crippen molar-refractivity contribution >= 4 is 16.0 Å². The number of allylic oxidation sites excluding steroid dienone is 1. The highest BCUT2D eigenvalue weighted by molar-refractivity contribution is 7.91. The Morgan fingerprint density at radius 1 is 1.19 bits per heavy atom. The summed E-state index contributed by atoms with van der Waals surface area (Å²) in [6.07, 6.45) is 4.57. The van der Waals surface area contributed by atoms with Crippen molar-refractivity contribution < 1.29 is 22.7 Å². The molecule has 2 rings (SSSR count). The molecule has 0 atom stereocenters. The van der Waals surface area contributed by atoms with E-state index in [4.69, 9.17) is 0 Å². The Bertz CT molecular complexity index is 833. The molecule has 0 N–H and O–H groups in total. The number of benzene rings is 1. The third-order valence-electron chi connectivity index (χ3n) is 3.38. The first kappa shape index (κ1) is 19.6. The fourth-order valence-corrected chi connectivity index (χ4v) is 3.44. The van der Waals surface area contributed by atoms with Crippen LogP contribution < -0.4 is 0 Å². The van der Waals surface area contributed by atoms with E-state index in [9.17, 15) is 13.2 Å². The van der Waals surface area contributed by atoms with Gasteiger partial charge in [-0.3, -0.25) is 0 Å². The summed E-state index contributed by atoms with van der Waals surface area (Å²) in [7, 11) is -2.35. The summed E-state index contributed by atoms with van der Waals surface area (Å²) in [6.45, 7) is 0.122. The zero-order chi connectivity index (χ0) is 18.8. The van der Waals surface area contributed by atoms with E-state index in [2.05, 4.69) is 25.0 Å². The number of sulfone groups is 1. The van der Waals surface area contributed by atoms with Crippen LogP contribution in [0.1, 0.15) is 19.3 Å². The lowest BCUT2D eigenvalue weighted by molar-refractivity contribution is 0.0817. The van der Waals surface area contributed by atoms with Crippen molar-refractivity contribution in [2.75, 3.05) is 19.5 Å². The molecule has 0 spiro atoms. The molecule has 0 aliphatic carbocycles. The summed E-state index contributed by atoms with van der Waals surface area (Å²) in [5, 5.41) is 10.8. The molecule has 140 valence electrons. The van der Waals surface area contributed by atoms with Gasteiger partial charge >= 0.3 is 6.16 Å². The summed E-state index contributed by atoms with van der Waals surface area (Å²) < 4.78 is 35.2. The number of para-hydroxylation sites is 1. The molecule has 0 aliphatic rings. The molecule has 0 aliphatic heterocycles. The van der Waals surface area contributed by atoms with Crippen LogP contribution in [0.3, 0.4) is 0 Å². The number of tetrazole rings is 1. The number of ether oxygens (including phenoxy) is 2. The maximum Gasteiger partial charge on any atom is 0.508 e. The Labute approximate surface area is 151 Å². The van der Waals surface area contributed by atoms with Crippen LogP contribution in [0, 0.1) is 0 Å². The molecule has 1 aromatic carbocycles. The second kappa shape index (κ2) is 9.66. The Morgan fingerprint density at radius 2 is 1.96 bits per heavy atom.